The zero-order valence-corrected chi connectivity index (χ0v) is 12.7. The van der Waals surface area contributed by atoms with Crippen molar-refractivity contribution in [2.75, 3.05) is 10.6 Å². The number of hydrogen-bond acceptors (Lipinski definition) is 3. The van der Waals surface area contributed by atoms with Crippen LogP contribution in [0.1, 0.15) is 33.2 Å². The average Bonchev–Trinajstić information content (AvgIpc) is 2.50. The number of carboxylic acid groups (broad SMARTS) is 1. The lowest BCUT2D eigenvalue weighted by molar-refractivity contribution is -0.114. The van der Waals surface area contributed by atoms with Gasteiger partial charge in [0.2, 0.25) is 5.91 Å². The van der Waals surface area contributed by atoms with E-state index in [4.69, 9.17) is 5.11 Å². The van der Waals surface area contributed by atoms with Crippen LogP contribution in [0.5, 0.6) is 0 Å². The molecule has 0 heterocycles. The van der Waals surface area contributed by atoms with E-state index in [-0.39, 0.29) is 17.0 Å². The van der Waals surface area contributed by atoms with Crippen LogP contribution in [-0.4, -0.2) is 22.9 Å². The van der Waals surface area contributed by atoms with Gasteiger partial charge >= 0.3 is 5.97 Å². The number of carbonyl (C=O) groups excluding carboxylic acids is 2. The molecule has 0 unspecified atom stereocenters. The second-order valence-electron chi connectivity index (χ2n) is 5.02. The van der Waals surface area contributed by atoms with Crippen molar-refractivity contribution < 1.29 is 19.5 Å². The van der Waals surface area contributed by atoms with E-state index < -0.39 is 11.9 Å². The van der Waals surface area contributed by atoms with Crippen LogP contribution < -0.4 is 10.6 Å². The van der Waals surface area contributed by atoms with Gasteiger partial charge in [-0.3, -0.25) is 9.59 Å². The number of aromatic carboxylic acids is 1. The summed E-state index contributed by atoms with van der Waals surface area (Å²) in [5.74, 6) is -1.91. The molecule has 0 saturated heterocycles. The first-order chi connectivity index (χ1) is 10.9. The highest BCUT2D eigenvalue weighted by Gasteiger charge is 2.16. The Morgan fingerprint density at radius 1 is 0.957 bits per heavy atom. The highest BCUT2D eigenvalue weighted by atomic mass is 16.4. The van der Waals surface area contributed by atoms with E-state index in [1.165, 1.54) is 19.1 Å². The first-order valence-corrected chi connectivity index (χ1v) is 6.90. The van der Waals surface area contributed by atoms with Crippen molar-refractivity contribution in [3.63, 3.8) is 0 Å². The minimum Gasteiger partial charge on any atom is -0.478 e. The lowest BCUT2D eigenvalue weighted by atomic mass is 10.1. The lowest BCUT2D eigenvalue weighted by Crippen LogP contribution is -2.16. The van der Waals surface area contributed by atoms with Gasteiger partial charge in [-0.15, -0.1) is 0 Å². The van der Waals surface area contributed by atoms with E-state index in [2.05, 4.69) is 10.6 Å². The molecule has 118 valence electrons. The second-order valence-corrected chi connectivity index (χ2v) is 5.02. The molecule has 3 N–H and O–H groups in total. The summed E-state index contributed by atoms with van der Waals surface area (Å²) < 4.78 is 0. The van der Waals surface area contributed by atoms with Gasteiger partial charge in [-0.1, -0.05) is 18.2 Å². The Labute approximate surface area is 133 Å². The molecule has 0 aliphatic heterocycles. The summed E-state index contributed by atoms with van der Waals surface area (Å²) in [5.41, 5.74) is 1.90. The number of anilines is 2. The van der Waals surface area contributed by atoms with Crippen LogP contribution in [0.2, 0.25) is 0 Å². The number of rotatable bonds is 4. The molecule has 0 aliphatic carbocycles. The number of benzene rings is 2. The maximum Gasteiger partial charge on any atom is 0.336 e. The molecule has 0 bridgehead atoms. The van der Waals surface area contributed by atoms with E-state index >= 15 is 0 Å². The topological polar surface area (TPSA) is 95.5 Å². The van der Waals surface area contributed by atoms with Crippen molar-refractivity contribution in [3.05, 3.63) is 59.2 Å². The molecule has 23 heavy (non-hydrogen) atoms. The fourth-order valence-corrected chi connectivity index (χ4v) is 2.09. The van der Waals surface area contributed by atoms with Gasteiger partial charge in [0, 0.05) is 18.3 Å². The summed E-state index contributed by atoms with van der Waals surface area (Å²) in [6.45, 7) is 3.23. The highest BCUT2D eigenvalue weighted by Crippen LogP contribution is 2.21. The maximum atomic E-state index is 12.3. The minimum absolute atomic E-state index is 0.0702. The van der Waals surface area contributed by atoms with Crippen molar-refractivity contribution in [1.82, 2.24) is 0 Å². The van der Waals surface area contributed by atoms with Crippen LogP contribution in [0.15, 0.2) is 42.5 Å². The molecular weight excluding hydrogens is 296 g/mol. The molecule has 0 spiro atoms. The molecule has 0 aliphatic rings. The number of carbonyl (C=O) groups is 3. The predicted octanol–water partition coefficient (Wildman–Crippen LogP) is 2.90. The molecule has 0 radical (unpaired) electrons. The SMILES string of the molecule is CC(=O)Nc1cc(NC(=O)c2ccccc2C(=O)O)ccc1C. The van der Waals surface area contributed by atoms with Crippen molar-refractivity contribution in [2.45, 2.75) is 13.8 Å². The summed E-state index contributed by atoms with van der Waals surface area (Å²) in [7, 11) is 0. The molecule has 0 atom stereocenters. The Balaban J connectivity index is 2.27. The number of carboxylic acids is 1. The molecule has 2 aromatic rings. The van der Waals surface area contributed by atoms with Crippen molar-refractivity contribution >= 4 is 29.2 Å². The third kappa shape index (κ3) is 3.94. The van der Waals surface area contributed by atoms with Gasteiger partial charge in [0.05, 0.1) is 11.1 Å². The van der Waals surface area contributed by atoms with Crippen LogP contribution in [-0.2, 0) is 4.79 Å². The summed E-state index contributed by atoms with van der Waals surface area (Å²) >= 11 is 0. The first-order valence-electron chi connectivity index (χ1n) is 6.90. The van der Waals surface area contributed by atoms with E-state index in [0.29, 0.717) is 11.4 Å². The van der Waals surface area contributed by atoms with Crippen LogP contribution in [0.3, 0.4) is 0 Å². The van der Waals surface area contributed by atoms with Crippen molar-refractivity contribution in [1.29, 1.82) is 0 Å². The van der Waals surface area contributed by atoms with Crippen LogP contribution >= 0.6 is 0 Å². The van der Waals surface area contributed by atoms with E-state index in [9.17, 15) is 14.4 Å². The Morgan fingerprint density at radius 2 is 1.61 bits per heavy atom. The fourth-order valence-electron chi connectivity index (χ4n) is 2.09. The van der Waals surface area contributed by atoms with Gasteiger partial charge in [0.25, 0.3) is 5.91 Å². The zero-order chi connectivity index (χ0) is 17.0. The van der Waals surface area contributed by atoms with Crippen molar-refractivity contribution in [2.24, 2.45) is 0 Å². The van der Waals surface area contributed by atoms with Gasteiger partial charge in [-0.05, 0) is 36.8 Å². The number of hydrogen-bond donors (Lipinski definition) is 3. The molecule has 0 saturated carbocycles. The van der Waals surface area contributed by atoms with E-state index in [1.54, 1.807) is 30.3 Å². The molecule has 0 aromatic heterocycles. The first kappa shape index (κ1) is 16.2. The summed E-state index contributed by atoms with van der Waals surface area (Å²) in [5, 5.41) is 14.4. The Morgan fingerprint density at radius 3 is 2.22 bits per heavy atom. The van der Waals surface area contributed by atoms with Crippen LogP contribution in [0.4, 0.5) is 11.4 Å². The summed E-state index contributed by atoms with van der Waals surface area (Å²) in [4.78, 5) is 34.6. The predicted molar refractivity (Wildman–Crippen MR) is 86.8 cm³/mol. The van der Waals surface area contributed by atoms with Crippen LogP contribution in [0.25, 0.3) is 0 Å². The molecule has 0 fully saturated rings. The normalized spacial score (nSPS) is 10.0. The average molecular weight is 312 g/mol. The number of nitrogens with one attached hydrogen (secondary N) is 2. The molecule has 2 rings (SSSR count). The third-order valence-corrected chi connectivity index (χ3v) is 3.21. The molecule has 6 nitrogen and oxygen atoms in total. The van der Waals surface area contributed by atoms with Gasteiger partial charge in [-0.25, -0.2) is 4.79 Å². The monoisotopic (exact) mass is 312 g/mol. The van der Waals surface area contributed by atoms with Gasteiger partial charge in [0.1, 0.15) is 0 Å². The largest absolute Gasteiger partial charge is 0.478 e. The number of amides is 2. The summed E-state index contributed by atoms with van der Waals surface area (Å²) in [6.07, 6.45) is 0. The number of aryl methyl sites for hydroxylation is 1. The zero-order valence-electron chi connectivity index (χ0n) is 12.7. The smallest absolute Gasteiger partial charge is 0.336 e. The van der Waals surface area contributed by atoms with E-state index in [1.807, 2.05) is 6.92 Å². The van der Waals surface area contributed by atoms with Crippen molar-refractivity contribution in [3.8, 4) is 0 Å². The highest BCUT2D eigenvalue weighted by molar-refractivity contribution is 6.10. The van der Waals surface area contributed by atoms with E-state index in [0.717, 1.165) is 5.56 Å². The van der Waals surface area contributed by atoms with Crippen LogP contribution in [0, 0.1) is 6.92 Å². The third-order valence-electron chi connectivity index (χ3n) is 3.21. The van der Waals surface area contributed by atoms with Gasteiger partial charge in [0.15, 0.2) is 0 Å². The minimum atomic E-state index is -1.17. The Hall–Kier alpha value is -3.15. The standard InChI is InChI=1S/C17H16N2O4/c1-10-7-8-12(9-15(10)18-11(2)20)19-16(21)13-5-3-4-6-14(13)17(22)23/h3-9H,1-2H3,(H,18,20)(H,19,21)(H,22,23). The maximum absolute atomic E-state index is 12.3. The molecule has 2 aromatic carbocycles. The Kier molecular flexibility index (Phi) is 4.75. The van der Waals surface area contributed by atoms with Gasteiger partial charge in [-0.2, -0.15) is 0 Å². The molecule has 2 amide bonds. The quantitative estimate of drug-likeness (QED) is 0.809. The lowest BCUT2D eigenvalue weighted by Gasteiger charge is -2.11. The molecular formula is C17H16N2O4. The fraction of sp³-hybridized carbons (Fsp3) is 0.118. The summed E-state index contributed by atoms with van der Waals surface area (Å²) in [6, 6.07) is 11.0. The van der Waals surface area contributed by atoms with Gasteiger partial charge < -0.3 is 15.7 Å². The second kappa shape index (κ2) is 6.74. The molecule has 6 heteroatoms. The Bertz CT molecular complexity index is 784.